The van der Waals surface area contributed by atoms with Crippen molar-refractivity contribution in [2.75, 3.05) is 11.9 Å². The van der Waals surface area contributed by atoms with E-state index in [1.807, 2.05) is 32.0 Å². The molecule has 0 saturated carbocycles. The average molecular weight is 354 g/mol. The summed E-state index contributed by atoms with van der Waals surface area (Å²) in [7, 11) is 1.78. The molecule has 0 aliphatic rings. The fraction of sp³-hybridized carbons (Fsp3) is 0.333. The van der Waals surface area contributed by atoms with Gasteiger partial charge in [0, 0.05) is 31.4 Å². The molecule has 2 amide bonds. The first-order valence-electron chi connectivity index (χ1n) is 8.46. The van der Waals surface area contributed by atoms with Gasteiger partial charge >= 0.3 is 6.03 Å². The zero-order valence-electron chi connectivity index (χ0n) is 15.1. The van der Waals surface area contributed by atoms with Gasteiger partial charge in [0.2, 0.25) is 0 Å². The largest absolute Gasteiger partial charge is 0.361 e. The summed E-state index contributed by atoms with van der Waals surface area (Å²) in [6.45, 7) is 4.38. The predicted octanol–water partition coefficient (Wildman–Crippen LogP) is 2.84. The van der Waals surface area contributed by atoms with Crippen LogP contribution in [0.2, 0.25) is 0 Å². The molecule has 3 rings (SSSR count). The quantitative estimate of drug-likeness (QED) is 0.663. The smallest absolute Gasteiger partial charge is 0.320 e. The Hall–Kier alpha value is -3.16. The van der Waals surface area contributed by atoms with Crippen molar-refractivity contribution in [3.05, 3.63) is 47.5 Å². The van der Waals surface area contributed by atoms with Crippen LogP contribution in [-0.2, 0) is 13.5 Å². The van der Waals surface area contributed by atoms with Gasteiger partial charge in [-0.1, -0.05) is 11.2 Å². The third-order valence-corrected chi connectivity index (χ3v) is 4.12. The minimum Gasteiger partial charge on any atom is -0.361 e. The topological polar surface area (TPSA) is 97.9 Å². The molecule has 0 fully saturated rings. The normalized spacial score (nSPS) is 10.7. The highest BCUT2D eigenvalue weighted by Gasteiger charge is 2.11. The van der Waals surface area contributed by atoms with Crippen LogP contribution in [0.5, 0.6) is 0 Å². The maximum Gasteiger partial charge on any atom is 0.320 e. The second-order valence-electron chi connectivity index (χ2n) is 6.04. The van der Waals surface area contributed by atoms with Crippen molar-refractivity contribution in [3.63, 3.8) is 0 Å². The summed E-state index contributed by atoms with van der Waals surface area (Å²) in [4.78, 5) is 16.4. The van der Waals surface area contributed by atoms with Crippen LogP contribution < -0.4 is 10.6 Å². The number of urea groups is 1. The SMILES string of the molecule is Cc1noc(C)c1CCCNC(=O)Nc1cc(-c2ccccn2)nn1C. The summed E-state index contributed by atoms with van der Waals surface area (Å²) >= 11 is 0. The number of aromatic nitrogens is 4. The molecule has 3 heterocycles. The molecule has 3 aromatic rings. The molecule has 0 unspecified atom stereocenters. The van der Waals surface area contributed by atoms with Gasteiger partial charge in [-0.05, 0) is 38.8 Å². The van der Waals surface area contributed by atoms with Crippen LogP contribution in [0.1, 0.15) is 23.4 Å². The highest BCUT2D eigenvalue weighted by atomic mass is 16.5. The third-order valence-electron chi connectivity index (χ3n) is 4.12. The molecule has 0 aromatic carbocycles. The van der Waals surface area contributed by atoms with Gasteiger partial charge in [-0.15, -0.1) is 0 Å². The zero-order chi connectivity index (χ0) is 18.5. The lowest BCUT2D eigenvalue weighted by molar-refractivity contribution is 0.252. The first kappa shape index (κ1) is 17.7. The van der Waals surface area contributed by atoms with E-state index in [1.54, 1.807) is 24.0 Å². The lowest BCUT2D eigenvalue weighted by Gasteiger charge is -2.07. The molecule has 2 N–H and O–H groups in total. The Morgan fingerprint density at radius 3 is 2.81 bits per heavy atom. The maximum absolute atomic E-state index is 12.1. The van der Waals surface area contributed by atoms with Crippen molar-refractivity contribution in [3.8, 4) is 11.4 Å². The minimum atomic E-state index is -0.265. The van der Waals surface area contributed by atoms with Crippen molar-refractivity contribution in [1.82, 2.24) is 25.2 Å². The number of carbonyl (C=O) groups is 1. The highest BCUT2D eigenvalue weighted by molar-refractivity contribution is 5.88. The highest BCUT2D eigenvalue weighted by Crippen LogP contribution is 2.19. The van der Waals surface area contributed by atoms with E-state index in [0.29, 0.717) is 18.1 Å². The molecule has 0 radical (unpaired) electrons. The number of anilines is 1. The van der Waals surface area contributed by atoms with Gasteiger partial charge < -0.3 is 9.84 Å². The molecule has 0 spiro atoms. The van der Waals surface area contributed by atoms with E-state index < -0.39 is 0 Å². The van der Waals surface area contributed by atoms with Crippen LogP contribution in [0.4, 0.5) is 10.6 Å². The van der Waals surface area contributed by atoms with Crippen LogP contribution in [0.25, 0.3) is 11.4 Å². The number of amides is 2. The van der Waals surface area contributed by atoms with Crippen LogP contribution in [-0.4, -0.2) is 32.5 Å². The molecule has 0 saturated heterocycles. The molecule has 136 valence electrons. The first-order valence-corrected chi connectivity index (χ1v) is 8.46. The Balaban J connectivity index is 1.50. The Morgan fingerprint density at radius 1 is 1.27 bits per heavy atom. The number of carbonyl (C=O) groups excluding carboxylic acids is 1. The monoisotopic (exact) mass is 354 g/mol. The van der Waals surface area contributed by atoms with E-state index in [0.717, 1.165) is 35.6 Å². The number of rotatable bonds is 6. The summed E-state index contributed by atoms with van der Waals surface area (Å²) in [6, 6.07) is 7.16. The number of hydrogen-bond donors (Lipinski definition) is 2. The summed E-state index contributed by atoms with van der Waals surface area (Å²) < 4.78 is 6.76. The second kappa shape index (κ2) is 7.81. The van der Waals surface area contributed by atoms with Gasteiger partial charge in [-0.3, -0.25) is 15.0 Å². The van der Waals surface area contributed by atoms with Crippen LogP contribution >= 0.6 is 0 Å². The van der Waals surface area contributed by atoms with Gasteiger partial charge in [-0.2, -0.15) is 5.10 Å². The standard InChI is InChI=1S/C18H22N6O2/c1-12-14(13(2)26-23-12)7-6-10-20-18(25)21-17-11-16(22-24(17)3)15-8-4-5-9-19-15/h4-5,8-9,11H,6-7,10H2,1-3H3,(H2,20,21,25). The molecule has 0 aliphatic carbocycles. The van der Waals surface area contributed by atoms with Gasteiger partial charge in [0.15, 0.2) is 0 Å². The Kier molecular flexibility index (Phi) is 5.31. The van der Waals surface area contributed by atoms with Crippen molar-refractivity contribution in [2.45, 2.75) is 26.7 Å². The van der Waals surface area contributed by atoms with E-state index in [4.69, 9.17) is 4.52 Å². The van der Waals surface area contributed by atoms with Crippen LogP contribution in [0.15, 0.2) is 35.0 Å². The van der Waals surface area contributed by atoms with Crippen LogP contribution in [0.3, 0.4) is 0 Å². The molecule has 0 bridgehead atoms. The van der Waals surface area contributed by atoms with Crippen molar-refractivity contribution < 1.29 is 9.32 Å². The average Bonchev–Trinajstić information content (AvgIpc) is 3.16. The van der Waals surface area contributed by atoms with Crippen molar-refractivity contribution in [1.29, 1.82) is 0 Å². The van der Waals surface area contributed by atoms with E-state index in [1.165, 1.54) is 0 Å². The van der Waals surface area contributed by atoms with Gasteiger partial charge in [0.05, 0.1) is 11.4 Å². The summed E-state index contributed by atoms with van der Waals surface area (Å²) in [5.41, 5.74) is 3.49. The lowest BCUT2D eigenvalue weighted by atomic mass is 10.1. The number of nitrogens with one attached hydrogen (secondary N) is 2. The summed E-state index contributed by atoms with van der Waals surface area (Å²) in [5.74, 6) is 1.44. The first-order chi connectivity index (χ1) is 12.5. The second-order valence-corrected chi connectivity index (χ2v) is 6.04. The maximum atomic E-state index is 12.1. The number of aryl methyl sites for hydroxylation is 3. The molecule has 0 atom stereocenters. The molecule has 3 aromatic heterocycles. The molecular formula is C18H22N6O2. The molecular weight excluding hydrogens is 332 g/mol. The number of hydrogen-bond acceptors (Lipinski definition) is 5. The van der Waals surface area contributed by atoms with E-state index in [-0.39, 0.29) is 6.03 Å². The third kappa shape index (κ3) is 4.08. The van der Waals surface area contributed by atoms with E-state index in [2.05, 4.69) is 25.9 Å². The molecule has 26 heavy (non-hydrogen) atoms. The summed E-state index contributed by atoms with van der Waals surface area (Å²) in [5, 5.41) is 14.0. The van der Waals surface area contributed by atoms with Gasteiger partial charge in [-0.25, -0.2) is 4.79 Å². The Labute approximate surface area is 151 Å². The Morgan fingerprint density at radius 2 is 2.12 bits per heavy atom. The van der Waals surface area contributed by atoms with Crippen molar-refractivity contribution in [2.24, 2.45) is 7.05 Å². The number of pyridine rings is 1. The van der Waals surface area contributed by atoms with E-state index in [9.17, 15) is 4.79 Å². The zero-order valence-corrected chi connectivity index (χ0v) is 15.1. The van der Waals surface area contributed by atoms with Gasteiger partial charge in [0.1, 0.15) is 17.3 Å². The lowest BCUT2D eigenvalue weighted by Crippen LogP contribution is -2.30. The fourth-order valence-electron chi connectivity index (χ4n) is 2.71. The van der Waals surface area contributed by atoms with Crippen LogP contribution in [0, 0.1) is 13.8 Å². The predicted molar refractivity (Wildman–Crippen MR) is 97.8 cm³/mol. The fourth-order valence-corrected chi connectivity index (χ4v) is 2.71. The molecule has 8 nitrogen and oxygen atoms in total. The number of nitrogens with zero attached hydrogens (tertiary/aromatic N) is 4. The van der Waals surface area contributed by atoms with E-state index >= 15 is 0 Å². The van der Waals surface area contributed by atoms with Gasteiger partial charge in [0.25, 0.3) is 0 Å². The summed E-state index contributed by atoms with van der Waals surface area (Å²) in [6.07, 6.45) is 3.33. The molecule has 0 aliphatic heterocycles. The van der Waals surface area contributed by atoms with Crippen molar-refractivity contribution >= 4 is 11.8 Å². The Bertz CT molecular complexity index is 865. The molecule has 8 heteroatoms. The minimum absolute atomic E-state index is 0.265.